The van der Waals surface area contributed by atoms with E-state index in [0.717, 1.165) is 25.9 Å². The van der Waals surface area contributed by atoms with Crippen LogP contribution in [0, 0.1) is 5.41 Å². The zero-order chi connectivity index (χ0) is 15.7. The molecule has 0 unspecified atom stereocenters. The number of likely N-dealkylation sites (tertiary alicyclic amines) is 1. The van der Waals surface area contributed by atoms with E-state index < -0.39 is 11.5 Å². The minimum absolute atomic E-state index is 0.159. The third-order valence-corrected chi connectivity index (χ3v) is 5.66. The van der Waals surface area contributed by atoms with Gasteiger partial charge in [-0.1, -0.05) is 19.3 Å². The summed E-state index contributed by atoms with van der Waals surface area (Å²) in [6.07, 6.45) is 8.72. The molecule has 5 nitrogen and oxygen atoms in total. The van der Waals surface area contributed by atoms with Crippen LogP contribution in [0.3, 0.4) is 0 Å². The third kappa shape index (κ3) is 3.16. The molecule has 2 fully saturated rings. The van der Waals surface area contributed by atoms with Gasteiger partial charge in [-0.15, -0.1) is 0 Å². The van der Waals surface area contributed by atoms with Crippen molar-refractivity contribution < 1.29 is 14.7 Å². The number of hydrogen-bond acceptors (Lipinski definition) is 2. The Morgan fingerprint density at radius 1 is 1.05 bits per heavy atom. The van der Waals surface area contributed by atoms with E-state index in [-0.39, 0.29) is 6.03 Å². The lowest BCUT2D eigenvalue weighted by atomic mass is 9.68. The average molecular weight is 296 g/mol. The lowest BCUT2D eigenvalue weighted by molar-refractivity contribution is -0.147. The van der Waals surface area contributed by atoms with Gasteiger partial charge in [0, 0.05) is 20.1 Å². The van der Waals surface area contributed by atoms with Gasteiger partial charge in [-0.3, -0.25) is 0 Å². The minimum atomic E-state index is -1.17. The predicted molar refractivity (Wildman–Crippen MR) is 81.2 cm³/mol. The number of nitrogens with zero attached hydrogens (tertiary/aromatic N) is 2. The molecule has 0 atom stereocenters. The van der Waals surface area contributed by atoms with Crippen molar-refractivity contribution in [1.29, 1.82) is 0 Å². The van der Waals surface area contributed by atoms with Crippen LogP contribution in [0.5, 0.6) is 0 Å². The van der Waals surface area contributed by atoms with Crippen molar-refractivity contribution in [2.45, 2.75) is 64.3 Å². The van der Waals surface area contributed by atoms with Gasteiger partial charge in [0.2, 0.25) is 0 Å². The number of carbonyl (C=O) groups is 2. The maximum atomic E-state index is 12.5. The fourth-order valence-electron chi connectivity index (χ4n) is 3.57. The van der Waals surface area contributed by atoms with Crippen LogP contribution in [0.25, 0.3) is 0 Å². The summed E-state index contributed by atoms with van der Waals surface area (Å²) in [7, 11) is 1.58. The van der Waals surface area contributed by atoms with E-state index in [1.165, 1.54) is 37.0 Å². The van der Waals surface area contributed by atoms with Gasteiger partial charge >= 0.3 is 12.0 Å². The van der Waals surface area contributed by atoms with Gasteiger partial charge < -0.3 is 14.9 Å². The van der Waals surface area contributed by atoms with Crippen molar-refractivity contribution in [2.24, 2.45) is 5.41 Å². The van der Waals surface area contributed by atoms with Crippen molar-refractivity contribution in [2.75, 3.05) is 20.1 Å². The number of piperidine rings is 1. The van der Waals surface area contributed by atoms with E-state index in [1.807, 2.05) is 4.90 Å². The largest absolute Gasteiger partial charge is 0.480 e. The van der Waals surface area contributed by atoms with Crippen molar-refractivity contribution in [3.8, 4) is 0 Å². The van der Waals surface area contributed by atoms with Gasteiger partial charge in [-0.05, 0) is 44.9 Å². The fourth-order valence-corrected chi connectivity index (χ4v) is 3.57. The fraction of sp³-hybridized carbons (Fsp3) is 0.875. The maximum absolute atomic E-state index is 12.5. The summed E-state index contributed by atoms with van der Waals surface area (Å²) in [6.45, 7) is 4.66. The van der Waals surface area contributed by atoms with Crippen LogP contribution >= 0.6 is 0 Å². The van der Waals surface area contributed by atoms with Crippen molar-refractivity contribution in [3.63, 3.8) is 0 Å². The Bertz CT molecular complexity index is 404. The Morgan fingerprint density at radius 3 is 2.05 bits per heavy atom. The second kappa shape index (κ2) is 5.85. The Kier molecular flexibility index (Phi) is 4.49. The summed E-state index contributed by atoms with van der Waals surface area (Å²) in [5.74, 6) is -0.973. The molecule has 21 heavy (non-hydrogen) atoms. The zero-order valence-corrected chi connectivity index (χ0v) is 13.5. The highest BCUT2D eigenvalue weighted by molar-refractivity contribution is 5.85. The van der Waals surface area contributed by atoms with Crippen LogP contribution < -0.4 is 0 Å². The summed E-state index contributed by atoms with van der Waals surface area (Å²) in [5.41, 5.74) is -0.715. The second-order valence-electron chi connectivity index (χ2n) is 7.25. The first-order valence-electron chi connectivity index (χ1n) is 8.05. The Morgan fingerprint density at radius 2 is 1.57 bits per heavy atom. The first kappa shape index (κ1) is 16.1. The predicted octanol–water partition coefficient (Wildman–Crippen LogP) is 2.95. The van der Waals surface area contributed by atoms with Crippen molar-refractivity contribution in [3.05, 3.63) is 0 Å². The van der Waals surface area contributed by atoms with E-state index in [0.29, 0.717) is 5.41 Å². The van der Waals surface area contributed by atoms with Crippen LogP contribution in [-0.2, 0) is 4.79 Å². The normalized spacial score (nSPS) is 22.1. The van der Waals surface area contributed by atoms with Gasteiger partial charge in [-0.25, -0.2) is 9.59 Å². The molecule has 2 aliphatic rings. The summed E-state index contributed by atoms with van der Waals surface area (Å²) in [5, 5.41) is 9.25. The molecule has 1 aliphatic heterocycles. The molecule has 0 aromatic carbocycles. The smallest absolute Gasteiger partial charge is 0.329 e. The summed E-state index contributed by atoms with van der Waals surface area (Å²) in [4.78, 5) is 27.0. The Hall–Kier alpha value is -1.26. The lowest BCUT2D eigenvalue weighted by Gasteiger charge is -2.46. The molecule has 1 spiro atoms. The molecule has 1 saturated heterocycles. The van der Waals surface area contributed by atoms with Crippen LogP contribution in [0.1, 0.15) is 58.8 Å². The molecule has 2 amide bonds. The number of urea groups is 1. The van der Waals surface area contributed by atoms with Crippen LogP contribution in [0.15, 0.2) is 0 Å². The molecule has 120 valence electrons. The average Bonchev–Trinajstić information content (AvgIpc) is 2.47. The highest BCUT2D eigenvalue weighted by Crippen LogP contribution is 2.44. The highest BCUT2D eigenvalue weighted by Gasteiger charge is 2.41. The molecule has 0 bridgehead atoms. The molecule has 1 aliphatic carbocycles. The number of amides is 2. The summed E-state index contributed by atoms with van der Waals surface area (Å²) < 4.78 is 0. The molecule has 1 heterocycles. The molecular weight excluding hydrogens is 268 g/mol. The Balaban J connectivity index is 1.95. The van der Waals surface area contributed by atoms with Gasteiger partial charge in [0.25, 0.3) is 0 Å². The minimum Gasteiger partial charge on any atom is -0.480 e. The number of carboxylic acid groups (broad SMARTS) is 1. The molecule has 1 N–H and O–H groups in total. The first-order valence-corrected chi connectivity index (χ1v) is 8.05. The van der Waals surface area contributed by atoms with Crippen LogP contribution in [-0.4, -0.2) is 52.6 Å². The van der Waals surface area contributed by atoms with E-state index in [2.05, 4.69) is 0 Å². The van der Waals surface area contributed by atoms with Gasteiger partial charge in [-0.2, -0.15) is 0 Å². The number of carbonyl (C=O) groups excluding carboxylic acids is 1. The molecule has 0 aromatic rings. The SMILES string of the molecule is CN(C(=O)N1CCC2(CCCCC2)CC1)C(C)(C)C(=O)O. The molecule has 1 saturated carbocycles. The van der Waals surface area contributed by atoms with E-state index in [4.69, 9.17) is 0 Å². The van der Waals surface area contributed by atoms with Crippen LogP contribution in [0.2, 0.25) is 0 Å². The lowest BCUT2D eigenvalue weighted by Crippen LogP contribution is -2.57. The van der Waals surface area contributed by atoms with Gasteiger partial charge in [0.1, 0.15) is 5.54 Å². The number of rotatable bonds is 2. The third-order valence-electron chi connectivity index (χ3n) is 5.66. The monoisotopic (exact) mass is 296 g/mol. The number of hydrogen-bond donors (Lipinski definition) is 1. The first-order chi connectivity index (χ1) is 9.78. The summed E-state index contributed by atoms with van der Waals surface area (Å²) >= 11 is 0. The van der Waals surface area contributed by atoms with Crippen molar-refractivity contribution >= 4 is 12.0 Å². The van der Waals surface area contributed by atoms with Gasteiger partial charge in [0.15, 0.2) is 0 Å². The second-order valence-corrected chi connectivity index (χ2v) is 7.25. The highest BCUT2D eigenvalue weighted by atomic mass is 16.4. The standard InChI is InChI=1S/C16H28N2O3/c1-15(2,13(19)20)17(3)14(21)18-11-9-16(10-12-18)7-5-4-6-8-16/h4-12H2,1-3H3,(H,19,20). The molecule has 0 aromatic heterocycles. The molecule has 0 radical (unpaired) electrons. The quantitative estimate of drug-likeness (QED) is 0.852. The number of carboxylic acids is 1. The van der Waals surface area contributed by atoms with Crippen molar-refractivity contribution in [1.82, 2.24) is 9.80 Å². The molecular formula is C16H28N2O3. The number of likely N-dealkylation sites (N-methyl/N-ethyl adjacent to an activating group) is 1. The van der Waals surface area contributed by atoms with E-state index in [9.17, 15) is 14.7 Å². The summed E-state index contributed by atoms with van der Waals surface area (Å²) in [6, 6.07) is -0.159. The molecule has 5 heteroatoms. The topological polar surface area (TPSA) is 60.9 Å². The van der Waals surface area contributed by atoms with Gasteiger partial charge in [0.05, 0.1) is 0 Å². The number of aliphatic carboxylic acids is 1. The zero-order valence-electron chi connectivity index (χ0n) is 13.5. The molecule has 2 rings (SSSR count). The maximum Gasteiger partial charge on any atom is 0.329 e. The van der Waals surface area contributed by atoms with E-state index >= 15 is 0 Å². The van der Waals surface area contributed by atoms with E-state index in [1.54, 1.807) is 20.9 Å². The Labute approximate surface area is 127 Å². The van der Waals surface area contributed by atoms with Crippen LogP contribution in [0.4, 0.5) is 4.79 Å².